The van der Waals surface area contributed by atoms with Crippen LogP contribution < -0.4 is 5.73 Å². The number of aromatic nitrogens is 2. The molecule has 0 atom stereocenters. The lowest BCUT2D eigenvalue weighted by Crippen LogP contribution is -2.15. The number of hydrogen-bond donors (Lipinski definition) is 1. The number of benzene rings is 2. The number of pyridine rings is 1. The highest BCUT2D eigenvalue weighted by molar-refractivity contribution is 5.99. The number of primary amides is 1. The van der Waals surface area contributed by atoms with Gasteiger partial charge >= 0.3 is 0 Å². The van der Waals surface area contributed by atoms with Gasteiger partial charge in [-0.3, -0.25) is 9.78 Å². The molecule has 22 heavy (non-hydrogen) atoms. The number of carbonyl (C=O) groups is 1. The molecule has 2 aromatic carbocycles. The van der Waals surface area contributed by atoms with Crippen LogP contribution in [0.15, 0.2) is 66.9 Å². The van der Waals surface area contributed by atoms with Crippen LogP contribution >= 0.6 is 0 Å². The van der Waals surface area contributed by atoms with Crippen molar-refractivity contribution in [3.05, 3.63) is 72.6 Å². The predicted octanol–water partition coefficient (Wildman–Crippen LogP) is 3.28. The van der Waals surface area contributed by atoms with Gasteiger partial charge in [-0.1, -0.05) is 24.3 Å². The zero-order chi connectivity index (χ0) is 15.1. The van der Waals surface area contributed by atoms with Crippen LogP contribution in [0.5, 0.6) is 0 Å². The van der Waals surface area contributed by atoms with Crippen molar-refractivity contribution in [1.29, 1.82) is 0 Å². The third-order valence-electron chi connectivity index (χ3n) is 3.81. The largest absolute Gasteiger partial charge is 0.364 e. The van der Waals surface area contributed by atoms with E-state index < -0.39 is 5.91 Å². The van der Waals surface area contributed by atoms with Crippen LogP contribution in [0.4, 0.5) is 0 Å². The number of nitrogens with zero attached hydrogens (tertiary/aromatic N) is 2. The van der Waals surface area contributed by atoms with Crippen molar-refractivity contribution in [1.82, 2.24) is 9.55 Å². The minimum absolute atomic E-state index is 0.442. The number of rotatable bonds is 2. The maximum absolute atomic E-state index is 11.8. The van der Waals surface area contributed by atoms with Gasteiger partial charge in [0.2, 0.25) is 0 Å². The van der Waals surface area contributed by atoms with Crippen LogP contribution in [0.25, 0.3) is 27.5 Å². The second-order valence-corrected chi connectivity index (χ2v) is 5.17. The fourth-order valence-corrected chi connectivity index (χ4v) is 2.82. The molecule has 2 aromatic heterocycles. The second kappa shape index (κ2) is 4.70. The average Bonchev–Trinajstić information content (AvgIpc) is 2.94. The van der Waals surface area contributed by atoms with Crippen LogP contribution in [0.2, 0.25) is 0 Å². The Morgan fingerprint density at radius 2 is 1.77 bits per heavy atom. The Morgan fingerprint density at radius 3 is 2.64 bits per heavy atom. The molecule has 0 aliphatic heterocycles. The Kier molecular flexibility index (Phi) is 2.69. The Morgan fingerprint density at radius 1 is 0.955 bits per heavy atom. The summed E-state index contributed by atoms with van der Waals surface area (Å²) in [5.41, 5.74) is 8.81. The molecular formula is C18H13N3O. The first-order chi connectivity index (χ1) is 10.7. The van der Waals surface area contributed by atoms with Gasteiger partial charge in [0.05, 0.1) is 11.0 Å². The van der Waals surface area contributed by atoms with Gasteiger partial charge in [0.1, 0.15) is 5.69 Å². The summed E-state index contributed by atoms with van der Waals surface area (Å²) in [5, 5.41) is 2.01. The summed E-state index contributed by atoms with van der Waals surface area (Å²) >= 11 is 0. The van der Waals surface area contributed by atoms with Gasteiger partial charge in [0.25, 0.3) is 5.91 Å². The molecule has 0 bridgehead atoms. The Hall–Kier alpha value is -3.14. The second-order valence-electron chi connectivity index (χ2n) is 5.17. The van der Waals surface area contributed by atoms with E-state index in [0.717, 1.165) is 27.5 Å². The average molecular weight is 287 g/mol. The molecular weight excluding hydrogens is 274 g/mol. The van der Waals surface area contributed by atoms with Crippen LogP contribution in [0.3, 0.4) is 0 Å². The lowest BCUT2D eigenvalue weighted by atomic mass is 10.2. The van der Waals surface area contributed by atoms with E-state index in [9.17, 15) is 4.79 Å². The van der Waals surface area contributed by atoms with E-state index in [1.807, 2.05) is 65.2 Å². The summed E-state index contributed by atoms with van der Waals surface area (Å²) in [4.78, 5) is 16.1. The van der Waals surface area contributed by atoms with E-state index in [2.05, 4.69) is 4.98 Å². The summed E-state index contributed by atoms with van der Waals surface area (Å²) < 4.78 is 1.89. The number of nitrogens with two attached hydrogens (primary N) is 1. The lowest BCUT2D eigenvalue weighted by molar-refractivity contribution is 0.0994. The van der Waals surface area contributed by atoms with Crippen molar-refractivity contribution in [3.8, 4) is 5.69 Å². The summed E-state index contributed by atoms with van der Waals surface area (Å²) in [5.74, 6) is -0.442. The molecule has 2 N–H and O–H groups in total. The Balaban J connectivity index is 2.06. The van der Waals surface area contributed by atoms with Gasteiger partial charge in [0, 0.05) is 22.7 Å². The highest BCUT2D eigenvalue weighted by Gasteiger charge is 2.14. The van der Waals surface area contributed by atoms with Crippen molar-refractivity contribution >= 4 is 27.7 Å². The number of carbonyl (C=O) groups excluding carboxylic acids is 1. The molecule has 106 valence electrons. The molecule has 1 amide bonds. The highest BCUT2D eigenvalue weighted by atomic mass is 16.1. The van der Waals surface area contributed by atoms with Crippen LogP contribution in [0, 0.1) is 0 Å². The van der Waals surface area contributed by atoms with Crippen LogP contribution in [0.1, 0.15) is 10.5 Å². The molecule has 4 heteroatoms. The van der Waals surface area contributed by atoms with Crippen LogP contribution in [-0.2, 0) is 0 Å². The van der Waals surface area contributed by atoms with Gasteiger partial charge in [-0.05, 0) is 36.4 Å². The van der Waals surface area contributed by atoms with E-state index in [0.29, 0.717) is 5.69 Å². The molecule has 0 radical (unpaired) electrons. The van der Waals surface area contributed by atoms with Crippen molar-refractivity contribution < 1.29 is 4.79 Å². The molecule has 0 saturated carbocycles. The van der Waals surface area contributed by atoms with Gasteiger partial charge in [-0.25, -0.2) is 0 Å². The normalized spacial score (nSPS) is 11.1. The summed E-state index contributed by atoms with van der Waals surface area (Å²) in [6, 6.07) is 19.5. The van der Waals surface area contributed by atoms with Gasteiger partial charge in [-0.2, -0.15) is 0 Å². The van der Waals surface area contributed by atoms with E-state index >= 15 is 0 Å². The topological polar surface area (TPSA) is 60.9 Å². The van der Waals surface area contributed by atoms with Crippen molar-refractivity contribution in [3.63, 3.8) is 0 Å². The smallest absolute Gasteiger partial charge is 0.265 e. The zero-order valence-corrected chi connectivity index (χ0v) is 11.7. The van der Waals surface area contributed by atoms with E-state index in [4.69, 9.17) is 5.73 Å². The highest BCUT2D eigenvalue weighted by Crippen LogP contribution is 2.26. The Bertz CT molecular complexity index is 1020. The van der Waals surface area contributed by atoms with Crippen molar-refractivity contribution in [2.24, 2.45) is 5.73 Å². The summed E-state index contributed by atoms with van der Waals surface area (Å²) in [6.45, 7) is 0. The fourth-order valence-electron chi connectivity index (χ4n) is 2.82. The van der Waals surface area contributed by atoms with E-state index in [1.54, 1.807) is 6.20 Å². The molecule has 2 heterocycles. The van der Waals surface area contributed by atoms with E-state index in [-0.39, 0.29) is 0 Å². The third-order valence-corrected chi connectivity index (χ3v) is 3.81. The van der Waals surface area contributed by atoms with Gasteiger partial charge < -0.3 is 10.3 Å². The maximum Gasteiger partial charge on any atom is 0.265 e. The van der Waals surface area contributed by atoms with Gasteiger partial charge in [0.15, 0.2) is 0 Å². The molecule has 0 saturated heterocycles. The first-order valence-corrected chi connectivity index (χ1v) is 6.99. The molecule has 0 fully saturated rings. The zero-order valence-electron chi connectivity index (χ0n) is 11.7. The fraction of sp³-hybridized carbons (Fsp3) is 0. The predicted molar refractivity (Wildman–Crippen MR) is 87.1 cm³/mol. The lowest BCUT2D eigenvalue weighted by Gasteiger charge is -2.10. The Labute approximate surface area is 126 Å². The number of para-hydroxylation sites is 1. The standard InChI is InChI=1S/C18H13N3O/c19-18(22)17-11-13-4-1-2-6-16(13)21(17)14-7-8-15-12(10-14)5-3-9-20-15/h1-11H,(H2,19,22). The molecule has 4 nitrogen and oxygen atoms in total. The van der Waals surface area contributed by atoms with Gasteiger partial charge in [-0.15, -0.1) is 0 Å². The molecule has 4 aromatic rings. The molecule has 0 aliphatic carbocycles. The van der Waals surface area contributed by atoms with Crippen LogP contribution in [-0.4, -0.2) is 15.5 Å². The first-order valence-electron chi connectivity index (χ1n) is 6.99. The SMILES string of the molecule is NC(=O)c1cc2ccccc2n1-c1ccc2ncccc2c1. The third kappa shape index (κ3) is 1.85. The van der Waals surface area contributed by atoms with Crippen molar-refractivity contribution in [2.45, 2.75) is 0 Å². The molecule has 0 unspecified atom stereocenters. The number of fused-ring (bicyclic) bond motifs is 2. The molecule has 0 aliphatic rings. The summed E-state index contributed by atoms with van der Waals surface area (Å²) in [6.07, 6.45) is 1.77. The minimum Gasteiger partial charge on any atom is -0.364 e. The molecule has 0 spiro atoms. The number of amides is 1. The summed E-state index contributed by atoms with van der Waals surface area (Å²) in [7, 11) is 0. The quantitative estimate of drug-likeness (QED) is 0.615. The molecule has 4 rings (SSSR count). The van der Waals surface area contributed by atoms with E-state index in [1.165, 1.54) is 0 Å². The maximum atomic E-state index is 11.8. The monoisotopic (exact) mass is 287 g/mol. The minimum atomic E-state index is -0.442. The first kappa shape index (κ1) is 12.6. The number of hydrogen-bond acceptors (Lipinski definition) is 2. The van der Waals surface area contributed by atoms with Crippen molar-refractivity contribution in [2.75, 3.05) is 0 Å².